The third-order valence-electron chi connectivity index (χ3n) is 4.30. The predicted molar refractivity (Wildman–Crippen MR) is 79.4 cm³/mol. The molecule has 0 heterocycles. The van der Waals surface area contributed by atoms with Gasteiger partial charge >= 0.3 is 0 Å². The lowest BCUT2D eigenvalue weighted by atomic mass is 9.97. The molecule has 4 nitrogen and oxygen atoms in total. The molecule has 0 saturated heterocycles. The Morgan fingerprint density at radius 1 is 0.550 bits per heavy atom. The Balaban J connectivity index is 0.000000200. The molecule has 0 amide bonds. The molecule has 0 spiro atoms. The van der Waals surface area contributed by atoms with Gasteiger partial charge in [0.1, 0.15) is 0 Å². The Morgan fingerprint density at radius 2 is 0.950 bits per heavy atom. The lowest BCUT2D eigenvalue weighted by Crippen LogP contribution is -2.19. The van der Waals surface area contributed by atoms with Crippen molar-refractivity contribution in [1.82, 2.24) is 0 Å². The highest BCUT2D eigenvalue weighted by Gasteiger charge is 2.19. The third kappa shape index (κ3) is 8.20. The molecule has 0 bridgehead atoms. The molecular weight excluding hydrogens is 256 g/mol. The summed E-state index contributed by atoms with van der Waals surface area (Å²) in [6, 6.07) is 0. The van der Waals surface area contributed by atoms with Gasteiger partial charge in [0.25, 0.3) is 0 Å². The van der Waals surface area contributed by atoms with E-state index in [2.05, 4.69) is 6.92 Å². The van der Waals surface area contributed by atoms with Crippen molar-refractivity contribution in [2.75, 3.05) is 0 Å². The van der Waals surface area contributed by atoms with Crippen LogP contribution in [0.25, 0.3) is 0 Å². The van der Waals surface area contributed by atoms with Gasteiger partial charge in [0.2, 0.25) is 0 Å². The van der Waals surface area contributed by atoms with Gasteiger partial charge in [-0.05, 0) is 50.9 Å². The van der Waals surface area contributed by atoms with Crippen LogP contribution in [0.15, 0.2) is 0 Å². The molecule has 20 heavy (non-hydrogen) atoms. The highest BCUT2D eigenvalue weighted by molar-refractivity contribution is 4.72. The quantitative estimate of drug-likeness (QED) is 0.514. The molecule has 0 radical (unpaired) electrons. The number of hydrogen-bond donors (Lipinski definition) is 4. The summed E-state index contributed by atoms with van der Waals surface area (Å²) in [4.78, 5) is 0. The minimum Gasteiger partial charge on any atom is -0.393 e. The summed E-state index contributed by atoms with van der Waals surface area (Å²) in [5, 5.41) is 37.0. The molecule has 4 unspecified atom stereocenters. The molecule has 2 rings (SSSR count). The van der Waals surface area contributed by atoms with Crippen molar-refractivity contribution < 1.29 is 20.4 Å². The van der Waals surface area contributed by atoms with E-state index in [0.717, 1.165) is 57.8 Å². The maximum absolute atomic E-state index is 9.27. The zero-order valence-electron chi connectivity index (χ0n) is 12.7. The highest BCUT2D eigenvalue weighted by Crippen LogP contribution is 2.22. The van der Waals surface area contributed by atoms with Crippen LogP contribution in [0, 0.1) is 5.92 Å². The van der Waals surface area contributed by atoms with Crippen molar-refractivity contribution in [3.05, 3.63) is 0 Å². The molecule has 2 aliphatic carbocycles. The van der Waals surface area contributed by atoms with Crippen LogP contribution < -0.4 is 0 Å². The molecule has 4 atom stereocenters. The van der Waals surface area contributed by atoms with Crippen molar-refractivity contribution >= 4 is 0 Å². The van der Waals surface area contributed by atoms with Crippen molar-refractivity contribution in [1.29, 1.82) is 0 Å². The Morgan fingerprint density at radius 3 is 1.40 bits per heavy atom. The van der Waals surface area contributed by atoms with Crippen LogP contribution in [0.1, 0.15) is 71.1 Å². The van der Waals surface area contributed by atoms with Gasteiger partial charge in [-0.3, -0.25) is 0 Å². The normalized spacial score (nSPS) is 39.8. The van der Waals surface area contributed by atoms with Crippen molar-refractivity contribution in [2.24, 2.45) is 5.92 Å². The lowest BCUT2D eigenvalue weighted by molar-refractivity contribution is 0.0601. The molecule has 0 aromatic heterocycles. The SMILES string of the molecule is CC1CC(O)CCC(O)C1.OC1CCCCCC(O)C1. The maximum Gasteiger partial charge on any atom is 0.0564 e. The second-order valence-electron chi connectivity index (χ2n) is 6.64. The molecule has 2 saturated carbocycles. The van der Waals surface area contributed by atoms with Crippen LogP contribution in [0.4, 0.5) is 0 Å². The van der Waals surface area contributed by atoms with E-state index in [1.165, 1.54) is 0 Å². The number of rotatable bonds is 0. The topological polar surface area (TPSA) is 80.9 Å². The number of aliphatic hydroxyl groups excluding tert-OH is 4. The lowest BCUT2D eigenvalue weighted by Gasteiger charge is -2.18. The molecule has 4 N–H and O–H groups in total. The summed E-state index contributed by atoms with van der Waals surface area (Å²) in [5.74, 6) is 0.479. The second-order valence-corrected chi connectivity index (χ2v) is 6.64. The first kappa shape index (κ1) is 17.9. The van der Waals surface area contributed by atoms with E-state index in [1.54, 1.807) is 0 Å². The molecule has 2 fully saturated rings. The van der Waals surface area contributed by atoms with Crippen LogP contribution in [-0.2, 0) is 0 Å². The fourth-order valence-corrected chi connectivity index (χ4v) is 3.13. The molecule has 2 aliphatic rings. The van der Waals surface area contributed by atoms with E-state index in [9.17, 15) is 20.4 Å². The predicted octanol–water partition coefficient (Wildman–Crippen LogP) is 1.98. The molecule has 4 heteroatoms. The summed E-state index contributed by atoms with van der Waals surface area (Å²) < 4.78 is 0. The average Bonchev–Trinajstić information content (AvgIpc) is 2.47. The van der Waals surface area contributed by atoms with Crippen LogP contribution in [0.3, 0.4) is 0 Å². The zero-order chi connectivity index (χ0) is 15.0. The van der Waals surface area contributed by atoms with E-state index >= 15 is 0 Å². The van der Waals surface area contributed by atoms with E-state index in [-0.39, 0.29) is 24.4 Å². The summed E-state index contributed by atoms with van der Waals surface area (Å²) in [6.45, 7) is 2.08. The van der Waals surface area contributed by atoms with Crippen LogP contribution >= 0.6 is 0 Å². The Hall–Kier alpha value is -0.160. The first-order valence-corrected chi connectivity index (χ1v) is 8.19. The molecule has 0 aromatic rings. The van der Waals surface area contributed by atoms with E-state index in [1.807, 2.05) is 0 Å². The monoisotopic (exact) mass is 288 g/mol. The summed E-state index contributed by atoms with van der Waals surface area (Å²) in [6.07, 6.45) is 8.12. The zero-order valence-corrected chi connectivity index (χ0v) is 12.7. The van der Waals surface area contributed by atoms with Crippen molar-refractivity contribution in [3.8, 4) is 0 Å². The minimum atomic E-state index is -0.254. The molecule has 120 valence electrons. The van der Waals surface area contributed by atoms with Crippen LogP contribution in [-0.4, -0.2) is 44.8 Å². The summed E-state index contributed by atoms with van der Waals surface area (Å²) in [5.41, 5.74) is 0. The fourth-order valence-electron chi connectivity index (χ4n) is 3.13. The molecule has 0 aromatic carbocycles. The minimum absolute atomic E-state index is 0.174. The first-order valence-electron chi connectivity index (χ1n) is 8.19. The maximum atomic E-state index is 9.27. The largest absolute Gasteiger partial charge is 0.393 e. The fraction of sp³-hybridized carbons (Fsp3) is 1.00. The van der Waals surface area contributed by atoms with Gasteiger partial charge in [-0.15, -0.1) is 0 Å². The molecular formula is C16H32O4. The van der Waals surface area contributed by atoms with Gasteiger partial charge in [-0.2, -0.15) is 0 Å². The van der Waals surface area contributed by atoms with E-state index in [0.29, 0.717) is 12.3 Å². The Bertz CT molecular complexity index is 221. The third-order valence-corrected chi connectivity index (χ3v) is 4.30. The highest BCUT2D eigenvalue weighted by atomic mass is 16.3. The van der Waals surface area contributed by atoms with Crippen LogP contribution in [0.5, 0.6) is 0 Å². The van der Waals surface area contributed by atoms with Gasteiger partial charge in [-0.1, -0.05) is 26.2 Å². The average molecular weight is 288 g/mol. The van der Waals surface area contributed by atoms with Gasteiger partial charge < -0.3 is 20.4 Å². The molecule has 0 aliphatic heterocycles. The van der Waals surface area contributed by atoms with Crippen molar-refractivity contribution in [3.63, 3.8) is 0 Å². The second kappa shape index (κ2) is 9.72. The van der Waals surface area contributed by atoms with Gasteiger partial charge in [0.15, 0.2) is 0 Å². The van der Waals surface area contributed by atoms with Gasteiger partial charge in [0.05, 0.1) is 24.4 Å². The van der Waals surface area contributed by atoms with Crippen LogP contribution in [0.2, 0.25) is 0 Å². The number of hydrogen-bond acceptors (Lipinski definition) is 4. The Labute approximate surface area is 122 Å². The van der Waals surface area contributed by atoms with Crippen molar-refractivity contribution in [2.45, 2.75) is 95.5 Å². The van der Waals surface area contributed by atoms with Gasteiger partial charge in [-0.25, -0.2) is 0 Å². The smallest absolute Gasteiger partial charge is 0.0564 e. The Kier molecular flexibility index (Phi) is 8.69. The van der Waals surface area contributed by atoms with Gasteiger partial charge in [0, 0.05) is 0 Å². The standard InChI is InChI=1S/2C8H16O2/c1-6-4-7(9)2-3-8(10)5-6;9-7-4-2-1-3-5-8(10)6-7/h6-10H,2-5H2,1H3;7-10H,1-6H2. The summed E-state index contributed by atoms with van der Waals surface area (Å²) >= 11 is 0. The first-order chi connectivity index (χ1) is 9.47. The van der Waals surface area contributed by atoms with E-state index < -0.39 is 0 Å². The van der Waals surface area contributed by atoms with E-state index in [4.69, 9.17) is 0 Å². The summed E-state index contributed by atoms with van der Waals surface area (Å²) in [7, 11) is 0. The number of aliphatic hydroxyl groups is 4.